The van der Waals surface area contributed by atoms with Gasteiger partial charge >= 0.3 is 0 Å². The van der Waals surface area contributed by atoms with Gasteiger partial charge in [0.1, 0.15) is 11.6 Å². The third-order valence-electron chi connectivity index (χ3n) is 9.77. The number of nitrogens with one attached hydrogen (secondary N) is 1. The molecule has 59 heavy (non-hydrogen) atoms. The van der Waals surface area contributed by atoms with Crippen LogP contribution in [0.5, 0.6) is 0 Å². The second-order valence-electron chi connectivity index (χ2n) is 15.0. The molecule has 0 radical (unpaired) electrons. The van der Waals surface area contributed by atoms with E-state index < -0.39 is 26.3 Å². The molecule has 0 bridgehead atoms. The summed E-state index contributed by atoms with van der Waals surface area (Å²) >= 11 is 0. The third-order valence-corrected chi connectivity index (χ3v) is 9.77. The number of carbonyl (C=O) groups is 1. The van der Waals surface area contributed by atoms with Crippen molar-refractivity contribution in [2.24, 2.45) is 11.5 Å². The molecular formula is C40H60FN7O9S2. The normalized spacial score (nSPS) is 15.6. The maximum atomic E-state index is 13.4. The molecule has 2 aliphatic rings. The number of aryl methyl sites for hydroxylation is 2. The van der Waals surface area contributed by atoms with Gasteiger partial charge in [-0.05, 0) is 103 Å². The van der Waals surface area contributed by atoms with Gasteiger partial charge in [-0.15, -0.1) is 0 Å². The van der Waals surface area contributed by atoms with Gasteiger partial charge < -0.3 is 26.2 Å². The van der Waals surface area contributed by atoms with E-state index in [1.165, 1.54) is 17.7 Å². The highest BCUT2D eigenvalue weighted by atomic mass is 32.2. The van der Waals surface area contributed by atoms with Crippen LogP contribution in [0, 0.1) is 12.7 Å². The number of likely N-dealkylation sites (tertiary alicyclic amines) is 1. The monoisotopic (exact) mass is 865 g/mol. The number of hydrogen-bond acceptors (Lipinski definition) is 12. The molecule has 0 spiro atoms. The largest absolute Gasteiger partial charge is 0.356 e. The quantitative estimate of drug-likeness (QED) is 0.100. The van der Waals surface area contributed by atoms with Gasteiger partial charge in [0, 0.05) is 54.2 Å². The van der Waals surface area contributed by atoms with Crippen LogP contribution in [0.2, 0.25) is 0 Å². The smallest absolute Gasteiger partial charge is 0.261 e. The van der Waals surface area contributed by atoms with Gasteiger partial charge in [0.25, 0.3) is 25.8 Å². The summed E-state index contributed by atoms with van der Waals surface area (Å²) in [5.41, 5.74) is 15.9. The van der Waals surface area contributed by atoms with Crippen molar-refractivity contribution in [1.82, 2.24) is 24.9 Å². The third kappa shape index (κ3) is 18.4. The molecule has 1 amide bonds. The van der Waals surface area contributed by atoms with Crippen molar-refractivity contribution in [2.75, 3.05) is 38.7 Å². The molecule has 2 atom stereocenters. The predicted molar refractivity (Wildman–Crippen MR) is 226 cm³/mol. The van der Waals surface area contributed by atoms with E-state index in [1.807, 2.05) is 36.6 Å². The lowest BCUT2D eigenvalue weighted by molar-refractivity contribution is -0.123. The first-order valence-electron chi connectivity index (χ1n) is 19.7. The molecule has 6 rings (SSSR count). The number of piperidine rings is 1. The van der Waals surface area contributed by atoms with Crippen LogP contribution in [-0.4, -0.2) is 102 Å². The van der Waals surface area contributed by atoms with E-state index >= 15 is 0 Å². The highest BCUT2D eigenvalue weighted by Gasteiger charge is 2.26. The summed E-state index contributed by atoms with van der Waals surface area (Å²) < 4.78 is 72.4. The first-order valence-corrected chi connectivity index (χ1v) is 23.4. The number of carbonyl (C=O) groups excluding carboxylic acids is 1. The Morgan fingerprint density at radius 1 is 1.02 bits per heavy atom. The molecule has 328 valence electrons. The zero-order valence-electron chi connectivity index (χ0n) is 34.3. The van der Waals surface area contributed by atoms with Crippen molar-refractivity contribution < 1.29 is 39.6 Å². The molecular weight excluding hydrogens is 806 g/mol. The number of aromatic nitrogens is 3. The molecule has 16 nitrogen and oxygen atoms in total. The molecule has 0 aliphatic carbocycles. The number of hydrogen-bond donors (Lipinski definition) is 5. The lowest BCUT2D eigenvalue weighted by Crippen LogP contribution is -2.45. The van der Waals surface area contributed by atoms with Gasteiger partial charge in [0.15, 0.2) is 5.58 Å². The molecule has 7 N–H and O–H groups in total. The lowest BCUT2D eigenvalue weighted by Gasteiger charge is -2.31. The molecule has 2 aliphatic heterocycles. The highest BCUT2D eigenvalue weighted by molar-refractivity contribution is 7.85. The maximum absolute atomic E-state index is 13.4. The lowest BCUT2D eigenvalue weighted by atomic mass is 9.91. The van der Waals surface area contributed by atoms with E-state index in [9.17, 15) is 30.8 Å². The fourth-order valence-corrected chi connectivity index (χ4v) is 6.95. The van der Waals surface area contributed by atoms with Crippen LogP contribution in [-0.2, 0) is 50.8 Å². The number of benzene rings is 2. The Kier molecular flexibility index (Phi) is 19.7. The molecule has 4 heterocycles. The van der Waals surface area contributed by atoms with Crippen LogP contribution in [0.15, 0.2) is 57.8 Å². The van der Waals surface area contributed by atoms with Gasteiger partial charge in [-0.2, -0.15) is 16.8 Å². The second-order valence-corrected chi connectivity index (χ2v) is 18.0. The Morgan fingerprint density at radius 3 is 2.29 bits per heavy atom. The summed E-state index contributed by atoms with van der Waals surface area (Å²) in [5, 5.41) is 8.11. The van der Waals surface area contributed by atoms with Gasteiger partial charge in [-0.3, -0.25) is 23.3 Å². The van der Waals surface area contributed by atoms with E-state index in [1.54, 1.807) is 6.07 Å². The second kappa shape index (κ2) is 23.6. The van der Waals surface area contributed by atoms with Crippen LogP contribution in [0.3, 0.4) is 0 Å². The number of unbranched alkanes of at least 4 members (excludes halogenated alkanes) is 1. The molecule has 2 aromatic carbocycles. The molecule has 0 saturated carbocycles. The van der Waals surface area contributed by atoms with Gasteiger partial charge in [0.2, 0.25) is 5.91 Å². The number of nitrogens with two attached hydrogens (primary N) is 2. The predicted octanol–water partition coefficient (Wildman–Crippen LogP) is 3.79. The first kappa shape index (κ1) is 49.3. The Labute approximate surface area is 346 Å². The van der Waals surface area contributed by atoms with Crippen LogP contribution in [0.1, 0.15) is 86.1 Å². The molecule has 19 heteroatoms. The molecule has 1 fully saturated rings. The minimum atomic E-state index is -3.67. The maximum Gasteiger partial charge on any atom is 0.261 e. The summed E-state index contributed by atoms with van der Waals surface area (Å²) in [6.07, 6.45) is 10.6. The Bertz CT molecular complexity index is 2170. The number of amides is 1. The van der Waals surface area contributed by atoms with E-state index in [0.717, 1.165) is 112 Å². The average Bonchev–Trinajstić information content (AvgIpc) is 3.57. The minimum absolute atomic E-state index is 0.0690. The summed E-state index contributed by atoms with van der Waals surface area (Å²) in [5.74, 6) is 0.905. The Hall–Kier alpha value is -4.11. The summed E-state index contributed by atoms with van der Waals surface area (Å²) in [6, 6.07) is 14.4. The van der Waals surface area contributed by atoms with E-state index in [0.29, 0.717) is 37.0 Å². The van der Waals surface area contributed by atoms with Gasteiger partial charge in [-0.25, -0.2) is 9.37 Å². The minimum Gasteiger partial charge on any atom is -0.356 e. The standard InChI is InChI=1S/C23H27FN4O2.C15H25N3O.2CH4O3S/c1-15-18(23(29)28-10-3-2-4-21(28)25-15)9-13-27-11-7-16(8-12-27)22-19-6-5-17(24)14-20(19)30-26-22;1-12(11-13-7-3-2-4-8-13)18-15(19)14(17)9-5-6-10-16;2*1-5(2,3)4/h5-6,14,16H,2-4,7-13H2,1H3;2-4,7-8,12,14H,5-6,9-11,16-17H2,1H3,(H,18,19);2*1H3,(H,2,3,4)/t;12-,14-;;/m.0../s1. The molecule has 1 saturated heterocycles. The van der Waals surface area contributed by atoms with Gasteiger partial charge in [-0.1, -0.05) is 41.9 Å². The molecule has 4 aromatic rings. The summed E-state index contributed by atoms with van der Waals surface area (Å²) in [6.45, 7) is 8.20. The summed E-state index contributed by atoms with van der Waals surface area (Å²) in [4.78, 5) is 31.9. The Morgan fingerprint density at radius 2 is 1.66 bits per heavy atom. The summed E-state index contributed by atoms with van der Waals surface area (Å²) in [7, 11) is -7.33. The molecule has 0 unspecified atom stereocenters. The van der Waals surface area contributed by atoms with Crippen LogP contribution in [0.25, 0.3) is 11.0 Å². The number of nitrogens with zero attached hydrogens (tertiary/aromatic N) is 4. The Balaban J connectivity index is 0.000000274. The number of fused-ring (bicyclic) bond motifs is 2. The number of rotatable bonds is 12. The zero-order chi connectivity index (χ0) is 43.8. The first-order chi connectivity index (χ1) is 27.7. The zero-order valence-corrected chi connectivity index (χ0v) is 36.0. The van der Waals surface area contributed by atoms with Crippen molar-refractivity contribution in [3.63, 3.8) is 0 Å². The van der Waals surface area contributed by atoms with E-state index in [-0.39, 0.29) is 23.3 Å². The number of halogens is 1. The van der Waals surface area contributed by atoms with Crippen LogP contribution < -0.4 is 22.3 Å². The van der Waals surface area contributed by atoms with E-state index in [2.05, 4.69) is 27.5 Å². The van der Waals surface area contributed by atoms with E-state index in [4.69, 9.17) is 30.1 Å². The van der Waals surface area contributed by atoms with Crippen molar-refractivity contribution >= 4 is 37.1 Å². The highest BCUT2D eigenvalue weighted by Crippen LogP contribution is 2.32. The van der Waals surface area contributed by atoms with Gasteiger partial charge in [0.05, 0.1) is 24.2 Å². The molecule has 2 aromatic heterocycles. The van der Waals surface area contributed by atoms with Crippen molar-refractivity contribution in [3.8, 4) is 0 Å². The fraction of sp³-hybridized carbons (Fsp3) is 0.550. The van der Waals surface area contributed by atoms with Crippen molar-refractivity contribution in [1.29, 1.82) is 0 Å². The fourth-order valence-electron chi connectivity index (χ4n) is 6.95. The van der Waals surface area contributed by atoms with Crippen molar-refractivity contribution in [3.05, 3.63) is 93.0 Å². The average molecular weight is 866 g/mol. The SMILES string of the molecule is CS(=O)(=O)O.CS(=O)(=O)O.C[C@@H](Cc1ccccc1)NC(=O)[C@@H](N)CCCCN.Cc1nc2n(c(=O)c1CCN1CCC(c3noc4cc(F)ccc34)CC1)CCCC2. The van der Waals surface area contributed by atoms with Crippen LogP contribution in [0.4, 0.5) is 4.39 Å². The topological polar surface area (TPSA) is 254 Å². The van der Waals surface area contributed by atoms with Crippen molar-refractivity contribution in [2.45, 2.75) is 103 Å². The van der Waals surface area contributed by atoms with Crippen LogP contribution >= 0.6 is 0 Å².